The average molecular weight is 222 g/mol. The summed E-state index contributed by atoms with van der Waals surface area (Å²) < 4.78 is 10.6. The van der Waals surface area contributed by atoms with E-state index < -0.39 is 11.4 Å². The molecule has 0 amide bonds. The van der Waals surface area contributed by atoms with Gasteiger partial charge in [-0.25, -0.2) is 0 Å². The molecule has 86 valence electrons. The largest absolute Gasteiger partial charge is 0.493 e. The lowest BCUT2D eigenvalue weighted by Crippen LogP contribution is -2.36. The maximum absolute atomic E-state index is 11.4. The van der Waals surface area contributed by atoms with Crippen molar-refractivity contribution in [3.63, 3.8) is 0 Å². The van der Waals surface area contributed by atoms with E-state index in [-0.39, 0.29) is 6.61 Å². The number of para-hydroxylation sites is 1. The van der Waals surface area contributed by atoms with E-state index >= 15 is 0 Å². The van der Waals surface area contributed by atoms with Crippen LogP contribution in [-0.4, -0.2) is 24.8 Å². The van der Waals surface area contributed by atoms with Crippen LogP contribution >= 0.6 is 0 Å². The van der Waals surface area contributed by atoms with Crippen molar-refractivity contribution < 1.29 is 19.4 Å². The van der Waals surface area contributed by atoms with Crippen LogP contribution in [0.3, 0.4) is 0 Å². The van der Waals surface area contributed by atoms with Crippen molar-refractivity contribution >= 4 is 5.97 Å². The minimum absolute atomic E-state index is 0.175. The summed E-state index contributed by atoms with van der Waals surface area (Å²) >= 11 is 0. The van der Waals surface area contributed by atoms with Crippen molar-refractivity contribution in [2.75, 3.05) is 13.7 Å². The van der Waals surface area contributed by atoms with E-state index in [1.165, 1.54) is 0 Å². The van der Waals surface area contributed by atoms with Gasteiger partial charge in [-0.05, 0) is 12.5 Å². The molecule has 4 heteroatoms. The third kappa shape index (κ3) is 1.26. The van der Waals surface area contributed by atoms with Gasteiger partial charge in [0.1, 0.15) is 12.0 Å². The lowest BCUT2D eigenvalue weighted by atomic mass is 9.80. The highest BCUT2D eigenvalue weighted by atomic mass is 16.5. The monoisotopic (exact) mass is 222 g/mol. The Hall–Kier alpha value is -1.71. The van der Waals surface area contributed by atoms with E-state index in [2.05, 4.69) is 0 Å². The van der Waals surface area contributed by atoms with Crippen LogP contribution < -0.4 is 9.47 Å². The molecule has 1 N–H and O–H groups in total. The van der Waals surface area contributed by atoms with Gasteiger partial charge in [-0.2, -0.15) is 0 Å². The van der Waals surface area contributed by atoms with Gasteiger partial charge in [0, 0.05) is 5.56 Å². The molecule has 0 radical (unpaired) electrons. The highest BCUT2D eigenvalue weighted by Crippen LogP contribution is 2.46. The summed E-state index contributed by atoms with van der Waals surface area (Å²) in [7, 11) is 1.55. The van der Waals surface area contributed by atoms with Crippen molar-refractivity contribution in [3.8, 4) is 11.5 Å². The van der Waals surface area contributed by atoms with Crippen molar-refractivity contribution in [1.82, 2.24) is 0 Å². The van der Waals surface area contributed by atoms with Crippen molar-refractivity contribution in [2.45, 2.75) is 18.8 Å². The zero-order chi connectivity index (χ0) is 11.8. The summed E-state index contributed by atoms with van der Waals surface area (Å²) in [6.07, 6.45) is 0.502. The minimum atomic E-state index is -0.927. The van der Waals surface area contributed by atoms with E-state index in [1.54, 1.807) is 25.3 Å². The van der Waals surface area contributed by atoms with Crippen LogP contribution in [0.5, 0.6) is 11.5 Å². The summed E-state index contributed by atoms with van der Waals surface area (Å²) in [6, 6.07) is 5.36. The van der Waals surface area contributed by atoms with Gasteiger partial charge in [-0.3, -0.25) is 4.79 Å². The first-order valence-electron chi connectivity index (χ1n) is 5.19. The predicted octanol–water partition coefficient (Wildman–Crippen LogP) is 1.82. The highest BCUT2D eigenvalue weighted by molar-refractivity contribution is 5.84. The topological polar surface area (TPSA) is 55.8 Å². The first-order valence-corrected chi connectivity index (χ1v) is 5.19. The Labute approximate surface area is 93.8 Å². The molecular weight excluding hydrogens is 208 g/mol. The van der Waals surface area contributed by atoms with E-state index in [0.717, 1.165) is 0 Å². The van der Waals surface area contributed by atoms with E-state index in [4.69, 9.17) is 9.47 Å². The maximum atomic E-state index is 11.4. The molecule has 1 aliphatic heterocycles. The molecule has 0 aliphatic carbocycles. The fourth-order valence-corrected chi connectivity index (χ4v) is 2.10. The number of hydrogen-bond donors (Lipinski definition) is 1. The number of methoxy groups -OCH3 is 1. The summed E-state index contributed by atoms with van der Waals surface area (Å²) in [5.74, 6) is 0.310. The maximum Gasteiger partial charge on any atom is 0.317 e. The molecule has 4 nitrogen and oxygen atoms in total. The van der Waals surface area contributed by atoms with Crippen LogP contribution in [0, 0.1) is 0 Å². The molecule has 0 fully saturated rings. The van der Waals surface area contributed by atoms with Gasteiger partial charge in [-0.15, -0.1) is 0 Å². The number of ether oxygens (including phenoxy) is 2. The molecule has 0 aromatic heterocycles. The molecule has 1 aromatic rings. The quantitative estimate of drug-likeness (QED) is 0.847. The normalized spacial score (nSPS) is 22.4. The minimum Gasteiger partial charge on any atom is -0.493 e. The SMILES string of the molecule is CCC1(C(=O)O)COc2c(OC)cccc21. The molecule has 1 aliphatic rings. The highest BCUT2D eigenvalue weighted by Gasteiger charge is 2.47. The fraction of sp³-hybridized carbons (Fsp3) is 0.417. The average Bonchev–Trinajstić information content (AvgIpc) is 2.68. The summed E-state index contributed by atoms with van der Waals surface area (Å²) in [5, 5.41) is 9.35. The Kier molecular flexibility index (Phi) is 2.50. The van der Waals surface area contributed by atoms with Crippen LogP contribution in [0.1, 0.15) is 18.9 Å². The van der Waals surface area contributed by atoms with Gasteiger partial charge in [-0.1, -0.05) is 19.1 Å². The number of carboxylic acid groups (broad SMARTS) is 1. The van der Waals surface area contributed by atoms with E-state index in [0.29, 0.717) is 23.5 Å². The Bertz CT molecular complexity index is 427. The van der Waals surface area contributed by atoms with Gasteiger partial charge < -0.3 is 14.6 Å². The van der Waals surface area contributed by atoms with Crippen LogP contribution in [-0.2, 0) is 10.2 Å². The van der Waals surface area contributed by atoms with Gasteiger partial charge >= 0.3 is 5.97 Å². The second-order valence-corrected chi connectivity index (χ2v) is 3.87. The van der Waals surface area contributed by atoms with Crippen molar-refractivity contribution in [3.05, 3.63) is 23.8 Å². The van der Waals surface area contributed by atoms with Gasteiger partial charge in [0.2, 0.25) is 0 Å². The molecule has 1 unspecified atom stereocenters. The second-order valence-electron chi connectivity index (χ2n) is 3.87. The zero-order valence-electron chi connectivity index (χ0n) is 9.32. The Morgan fingerprint density at radius 2 is 2.38 bits per heavy atom. The Morgan fingerprint density at radius 1 is 1.62 bits per heavy atom. The third-order valence-electron chi connectivity index (χ3n) is 3.19. The van der Waals surface area contributed by atoms with Gasteiger partial charge in [0.05, 0.1) is 7.11 Å². The first-order chi connectivity index (χ1) is 7.65. The molecule has 0 bridgehead atoms. The number of aliphatic carboxylic acids is 1. The number of carbonyl (C=O) groups is 1. The number of carboxylic acids is 1. The molecule has 16 heavy (non-hydrogen) atoms. The molecular formula is C12H14O4. The Morgan fingerprint density at radius 3 is 2.94 bits per heavy atom. The molecule has 2 rings (SSSR count). The lowest BCUT2D eigenvalue weighted by molar-refractivity contribution is -0.144. The zero-order valence-corrected chi connectivity index (χ0v) is 9.32. The molecule has 1 aromatic carbocycles. The second kappa shape index (κ2) is 3.70. The number of benzene rings is 1. The predicted molar refractivity (Wildman–Crippen MR) is 58.1 cm³/mol. The smallest absolute Gasteiger partial charge is 0.317 e. The lowest BCUT2D eigenvalue weighted by Gasteiger charge is -2.20. The van der Waals surface area contributed by atoms with Crippen molar-refractivity contribution in [1.29, 1.82) is 0 Å². The van der Waals surface area contributed by atoms with Crippen LogP contribution in [0.4, 0.5) is 0 Å². The van der Waals surface area contributed by atoms with E-state index in [9.17, 15) is 9.90 Å². The van der Waals surface area contributed by atoms with Crippen LogP contribution in [0.2, 0.25) is 0 Å². The van der Waals surface area contributed by atoms with Crippen molar-refractivity contribution in [2.24, 2.45) is 0 Å². The molecule has 0 saturated carbocycles. The van der Waals surface area contributed by atoms with Crippen LogP contribution in [0.15, 0.2) is 18.2 Å². The number of fused-ring (bicyclic) bond motifs is 1. The summed E-state index contributed by atoms with van der Waals surface area (Å²) in [5.41, 5.74) is -0.217. The molecule has 1 heterocycles. The standard InChI is InChI=1S/C12H14O4/c1-3-12(11(13)14)7-16-10-8(12)5-4-6-9(10)15-2/h4-6H,3,7H2,1-2H3,(H,13,14). The van der Waals surface area contributed by atoms with Crippen LogP contribution in [0.25, 0.3) is 0 Å². The van der Waals surface area contributed by atoms with E-state index in [1.807, 2.05) is 6.92 Å². The van der Waals surface area contributed by atoms with Gasteiger partial charge in [0.15, 0.2) is 11.5 Å². The molecule has 0 spiro atoms. The number of hydrogen-bond acceptors (Lipinski definition) is 3. The molecule has 1 atom stereocenters. The molecule has 0 saturated heterocycles. The number of rotatable bonds is 3. The fourth-order valence-electron chi connectivity index (χ4n) is 2.10. The summed E-state index contributed by atoms with van der Waals surface area (Å²) in [6.45, 7) is 2.03. The first kappa shape index (κ1) is 10.8. The third-order valence-corrected chi connectivity index (χ3v) is 3.19. The summed E-state index contributed by atoms with van der Waals surface area (Å²) in [4.78, 5) is 11.4. The Balaban J connectivity index is 2.58. The van der Waals surface area contributed by atoms with Gasteiger partial charge in [0.25, 0.3) is 0 Å².